The molecule has 2 amide bonds. The number of hydrogen-bond acceptors (Lipinski definition) is 6. The van der Waals surface area contributed by atoms with Crippen molar-refractivity contribution in [2.75, 3.05) is 38.7 Å². The normalized spacial score (nSPS) is 11.2. The molecule has 0 bridgehead atoms. The molecule has 0 aliphatic rings. The summed E-state index contributed by atoms with van der Waals surface area (Å²) in [5.41, 5.74) is 0.709. The maximum Gasteiger partial charge on any atom is 0.306 e. The Morgan fingerprint density at radius 1 is 1.25 bits per heavy atom. The Morgan fingerprint density at radius 2 is 1.93 bits per heavy atom. The lowest BCUT2D eigenvalue weighted by atomic mass is 9.92. The van der Waals surface area contributed by atoms with Crippen molar-refractivity contribution >= 4 is 23.6 Å². The second-order valence-corrected chi connectivity index (χ2v) is 7.45. The highest BCUT2D eigenvalue weighted by atomic mass is 16.5. The molecule has 0 saturated heterocycles. The van der Waals surface area contributed by atoms with Crippen LogP contribution in [0.4, 0.5) is 5.82 Å². The van der Waals surface area contributed by atoms with Crippen LogP contribution in [-0.4, -0.2) is 65.9 Å². The highest BCUT2D eigenvalue weighted by Gasteiger charge is 2.22. The Morgan fingerprint density at radius 3 is 2.46 bits per heavy atom. The lowest BCUT2D eigenvalue weighted by molar-refractivity contribution is -0.146. The van der Waals surface area contributed by atoms with Crippen LogP contribution in [0.2, 0.25) is 0 Å². The van der Waals surface area contributed by atoms with Gasteiger partial charge in [-0.1, -0.05) is 20.8 Å². The van der Waals surface area contributed by atoms with E-state index in [0.717, 1.165) is 5.69 Å². The minimum absolute atomic E-state index is 0.0181. The second-order valence-electron chi connectivity index (χ2n) is 7.45. The van der Waals surface area contributed by atoms with E-state index in [2.05, 4.69) is 10.4 Å². The number of amides is 2. The van der Waals surface area contributed by atoms with Crippen LogP contribution in [0.25, 0.3) is 0 Å². The van der Waals surface area contributed by atoms with Crippen molar-refractivity contribution in [1.29, 1.82) is 0 Å². The summed E-state index contributed by atoms with van der Waals surface area (Å²) in [5, 5.41) is 7.20. The Balaban J connectivity index is 2.72. The largest absolute Gasteiger partial charge is 0.466 e. The molecule has 0 aromatic carbocycles. The molecule has 1 aromatic heterocycles. The van der Waals surface area contributed by atoms with Crippen LogP contribution in [-0.2, 0) is 36.3 Å². The van der Waals surface area contributed by atoms with Gasteiger partial charge in [-0.05, 0) is 6.92 Å². The summed E-state index contributed by atoms with van der Waals surface area (Å²) in [6.45, 7) is 8.49. The molecule has 0 atom stereocenters. The van der Waals surface area contributed by atoms with Crippen molar-refractivity contribution < 1.29 is 23.9 Å². The van der Waals surface area contributed by atoms with E-state index in [1.54, 1.807) is 18.7 Å². The van der Waals surface area contributed by atoms with Gasteiger partial charge in [0, 0.05) is 38.6 Å². The number of carbonyl (C=O) groups is 3. The van der Waals surface area contributed by atoms with Crippen LogP contribution in [0.3, 0.4) is 0 Å². The fourth-order valence-corrected chi connectivity index (χ4v) is 2.40. The maximum absolute atomic E-state index is 12.5. The van der Waals surface area contributed by atoms with Crippen molar-refractivity contribution in [2.45, 2.75) is 46.0 Å². The van der Waals surface area contributed by atoms with Crippen molar-refractivity contribution in [3.05, 3.63) is 11.8 Å². The van der Waals surface area contributed by atoms with E-state index in [-0.39, 0.29) is 56.4 Å². The SMILES string of the molecule is CCOC(=O)CCC(=O)N(CCOC)CC(=O)Nc1cc(C(C)(C)C)nn1C. The van der Waals surface area contributed by atoms with Crippen LogP contribution in [0.5, 0.6) is 0 Å². The molecule has 0 aliphatic heterocycles. The number of esters is 1. The third-order valence-electron chi connectivity index (χ3n) is 4.02. The van der Waals surface area contributed by atoms with Crippen LogP contribution in [0.1, 0.15) is 46.2 Å². The summed E-state index contributed by atoms with van der Waals surface area (Å²) in [7, 11) is 3.27. The number of rotatable bonds is 10. The first kappa shape index (κ1) is 23.6. The third-order valence-corrected chi connectivity index (χ3v) is 4.02. The minimum atomic E-state index is -0.434. The van der Waals surface area contributed by atoms with Gasteiger partial charge in [-0.15, -0.1) is 0 Å². The molecule has 9 nitrogen and oxygen atoms in total. The number of aromatic nitrogens is 2. The van der Waals surface area contributed by atoms with Crippen LogP contribution in [0.15, 0.2) is 6.07 Å². The van der Waals surface area contributed by atoms with Gasteiger partial charge in [-0.25, -0.2) is 0 Å². The van der Waals surface area contributed by atoms with Crippen LogP contribution in [0, 0.1) is 0 Å². The molecule has 0 radical (unpaired) electrons. The number of anilines is 1. The summed E-state index contributed by atoms with van der Waals surface area (Å²) in [4.78, 5) is 37.7. The Labute approximate surface area is 166 Å². The minimum Gasteiger partial charge on any atom is -0.466 e. The smallest absolute Gasteiger partial charge is 0.306 e. The Hall–Kier alpha value is -2.42. The number of carbonyl (C=O) groups excluding carboxylic acids is 3. The molecule has 0 spiro atoms. The zero-order valence-electron chi connectivity index (χ0n) is 17.7. The maximum atomic E-state index is 12.5. The number of nitrogens with one attached hydrogen (secondary N) is 1. The predicted molar refractivity (Wildman–Crippen MR) is 105 cm³/mol. The number of hydrogen-bond donors (Lipinski definition) is 1. The zero-order valence-corrected chi connectivity index (χ0v) is 17.7. The average Bonchev–Trinajstić information content (AvgIpc) is 2.97. The molecule has 0 aliphatic carbocycles. The van der Waals surface area contributed by atoms with E-state index in [9.17, 15) is 14.4 Å². The summed E-state index contributed by atoms with van der Waals surface area (Å²) >= 11 is 0. The molecule has 1 aromatic rings. The van der Waals surface area contributed by atoms with Gasteiger partial charge in [0.15, 0.2) is 0 Å². The number of ether oxygens (including phenoxy) is 2. The lowest BCUT2D eigenvalue weighted by Gasteiger charge is -2.21. The van der Waals surface area contributed by atoms with Gasteiger partial charge < -0.3 is 19.7 Å². The molecule has 0 unspecified atom stereocenters. The van der Waals surface area contributed by atoms with E-state index in [4.69, 9.17) is 9.47 Å². The monoisotopic (exact) mass is 396 g/mol. The van der Waals surface area contributed by atoms with Gasteiger partial charge in [0.1, 0.15) is 5.82 Å². The molecule has 1 rings (SSSR count). The van der Waals surface area contributed by atoms with Gasteiger partial charge >= 0.3 is 5.97 Å². The fourth-order valence-electron chi connectivity index (χ4n) is 2.40. The quantitative estimate of drug-likeness (QED) is 0.601. The second kappa shape index (κ2) is 10.8. The highest BCUT2D eigenvalue weighted by Crippen LogP contribution is 2.23. The van der Waals surface area contributed by atoms with Gasteiger partial charge in [-0.2, -0.15) is 5.10 Å². The average molecular weight is 396 g/mol. The van der Waals surface area contributed by atoms with Crippen molar-refractivity contribution in [2.24, 2.45) is 7.05 Å². The van der Waals surface area contributed by atoms with Crippen LogP contribution >= 0.6 is 0 Å². The lowest BCUT2D eigenvalue weighted by Crippen LogP contribution is -2.40. The molecular weight excluding hydrogens is 364 g/mol. The highest BCUT2D eigenvalue weighted by molar-refractivity contribution is 5.94. The fraction of sp³-hybridized carbons (Fsp3) is 0.684. The van der Waals surface area contributed by atoms with E-state index < -0.39 is 5.97 Å². The third kappa shape index (κ3) is 7.67. The van der Waals surface area contributed by atoms with Gasteiger partial charge in [0.25, 0.3) is 0 Å². The summed E-state index contributed by atoms with van der Waals surface area (Å²) in [6, 6.07) is 1.82. The predicted octanol–water partition coefficient (Wildman–Crippen LogP) is 1.47. The Bertz CT molecular complexity index is 678. The summed E-state index contributed by atoms with van der Waals surface area (Å²) in [5.74, 6) is -0.526. The summed E-state index contributed by atoms with van der Waals surface area (Å²) in [6.07, 6.45) is -0.0375. The van der Waals surface area contributed by atoms with Gasteiger partial charge in [0.05, 0.1) is 31.9 Å². The molecule has 1 heterocycles. The topological polar surface area (TPSA) is 103 Å². The van der Waals surface area contributed by atoms with Crippen molar-refractivity contribution in [3.63, 3.8) is 0 Å². The standard InChI is InChI=1S/C19H32N4O5/c1-7-28-18(26)9-8-17(25)23(10-11-27-6)13-16(24)20-15-12-14(19(2,3)4)21-22(15)5/h12H,7-11,13H2,1-6H3,(H,20,24). The van der Waals surface area contributed by atoms with Crippen molar-refractivity contribution in [3.8, 4) is 0 Å². The number of nitrogens with zero attached hydrogens (tertiary/aromatic N) is 3. The molecule has 0 saturated carbocycles. The van der Waals surface area contributed by atoms with E-state index in [1.807, 2.05) is 26.8 Å². The molecule has 9 heteroatoms. The summed E-state index contributed by atoms with van der Waals surface area (Å²) < 4.78 is 11.4. The van der Waals surface area contributed by atoms with Gasteiger partial charge in [-0.3, -0.25) is 19.1 Å². The number of methoxy groups -OCH3 is 1. The first-order chi connectivity index (χ1) is 13.1. The molecule has 28 heavy (non-hydrogen) atoms. The van der Waals surface area contributed by atoms with Crippen molar-refractivity contribution in [1.82, 2.24) is 14.7 Å². The van der Waals surface area contributed by atoms with E-state index in [0.29, 0.717) is 5.82 Å². The van der Waals surface area contributed by atoms with E-state index in [1.165, 1.54) is 12.0 Å². The zero-order chi connectivity index (χ0) is 21.3. The molecule has 158 valence electrons. The number of aryl methyl sites for hydroxylation is 1. The molecular formula is C19H32N4O5. The molecule has 1 N–H and O–H groups in total. The first-order valence-corrected chi connectivity index (χ1v) is 9.35. The van der Waals surface area contributed by atoms with Crippen LogP contribution < -0.4 is 5.32 Å². The molecule has 0 fully saturated rings. The Kier molecular flexibility index (Phi) is 9.11. The first-order valence-electron chi connectivity index (χ1n) is 9.35. The van der Waals surface area contributed by atoms with E-state index >= 15 is 0 Å². The van der Waals surface area contributed by atoms with Gasteiger partial charge in [0.2, 0.25) is 11.8 Å².